The summed E-state index contributed by atoms with van der Waals surface area (Å²) in [6.07, 6.45) is 0.630. The van der Waals surface area contributed by atoms with E-state index in [4.69, 9.17) is 16.7 Å². The molecule has 1 N–H and O–H groups in total. The number of aliphatic hydroxyl groups excluding tert-OH is 1. The number of rotatable bonds is 5. The van der Waals surface area contributed by atoms with Gasteiger partial charge in [-0.25, -0.2) is 4.39 Å². The fraction of sp³-hybridized carbons (Fsp3) is 0.167. The highest BCUT2D eigenvalue weighted by Crippen LogP contribution is 2.37. The molecule has 0 fully saturated rings. The van der Waals surface area contributed by atoms with E-state index < -0.39 is 0 Å². The Morgan fingerprint density at radius 1 is 0.964 bits per heavy atom. The average Bonchev–Trinajstić information content (AvgIpc) is 2.95. The molecule has 0 atom stereocenters. The van der Waals surface area contributed by atoms with Crippen molar-refractivity contribution in [1.82, 2.24) is 4.57 Å². The first-order valence-corrected chi connectivity index (χ1v) is 9.68. The Balaban J connectivity index is 1.88. The topological polar surface area (TPSA) is 25.2 Å². The van der Waals surface area contributed by atoms with Gasteiger partial charge >= 0.3 is 0 Å². The molecule has 2 nitrogen and oxygen atoms in total. The highest BCUT2D eigenvalue weighted by atomic mass is 35.5. The normalized spacial score (nSPS) is 11.3. The summed E-state index contributed by atoms with van der Waals surface area (Å²) in [6, 6.07) is 21.3. The minimum absolute atomic E-state index is 0.128. The maximum absolute atomic E-state index is 15.5. The Labute approximate surface area is 168 Å². The fourth-order valence-corrected chi connectivity index (χ4v) is 3.86. The lowest BCUT2D eigenvalue weighted by Gasteiger charge is -2.13. The van der Waals surface area contributed by atoms with Crippen molar-refractivity contribution >= 4 is 22.5 Å². The molecule has 0 saturated carbocycles. The number of aliphatic hydroxyl groups is 1. The highest BCUT2D eigenvalue weighted by molar-refractivity contribution is 6.33. The second-order valence-corrected chi connectivity index (χ2v) is 7.45. The minimum atomic E-state index is -0.247. The van der Waals surface area contributed by atoms with E-state index in [1.165, 1.54) is 0 Å². The largest absolute Gasteiger partial charge is 0.396 e. The summed E-state index contributed by atoms with van der Waals surface area (Å²) in [5, 5.41) is 10.2. The lowest BCUT2D eigenvalue weighted by atomic mass is 10.1. The third kappa shape index (κ3) is 3.44. The van der Waals surface area contributed by atoms with Crippen LogP contribution in [0.2, 0.25) is 5.02 Å². The maximum Gasteiger partial charge on any atom is 0.156 e. The first-order valence-electron chi connectivity index (χ1n) is 9.30. The van der Waals surface area contributed by atoms with E-state index in [2.05, 4.69) is 0 Å². The zero-order chi connectivity index (χ0) is 19.7. The van der Waals surface area contributed by atoms with E-state index >= 15 is 4.39 Å². The van der Waals surface area contributed by atoms with Crippen LogP contribution in [-0.4, -0.2) is 16.3 Å². The summed E-state index contributed by atoms with van der Waals surface area (Å²) in [7, 11) is 0. The molecule has 0 aliphatic rings. The number of halogens is 2. The van der Waals surface area contributed by atoms with Crippen LogP contribution in [0.4, 0.5) is 4.39 Å². The summed E-state index contributed by atoms with van der Waals surface area (Å²) in [5.74, 6) is -0.247. The predicted octanol–water partition coefficient (Wildman–Crippen LogP) is 5.99. The van der Waals surface area contributed by atoms with Crippen molar-refractivity contribution in [2.45, 2.75) is 19.9 Å². The molecule has 4 heteroatoms. The fourth-order valence-electron chi connectivity index (χ4n) is 3.63. The number of hydrogen-bond donors (Lipinski definition) is 1. The maximum atomic E-state index is 15.5. The molecule has 0 saturated heterocycles. The van der Waals surface area contributed by atoms with E-state index in [0.717, 1.165) is 22.2 Å². The van der Waals surface area contributed by atoms with Crippen molar-refractivity contribution in [1.29, 1.82) is 0 Å². The zero-order valence-corrected chi connectivity index (χ0v) is 16.4. The van der Waals surface area contributed by atoms with Crippen LogP contribution < -0.4 is 0 Å². The summed E-state index contributed by atoms with van der Waals surface area (Å²) in [5.41, 5.74) is 5.20. The minimum Gasteiger partial charge on any atom is -0.396 e. The van der Waals surface area contributed by atoms with Gasteiger partial charge in [0.15, 0.2) is 5.82 Å². The summed E-state index contributed by atoms with van der Waals surface area (Å²) in [6.45, 7) is 2.62. The Morgan fingerprint density at radius 3 is 2.39 bits per heavy atom. The smallest absolute Gasteiger partial charge is 0.156 e. The van der Waals surface area contributed by atoms with E-state index in [9.17, 15) is 0 Å². The predicted molar refractivity (Wildman–Crippen MR) is 113 cm³/mol. The van der Waals surface area contributed by atoms with E-state index in [-0.39, 0.29) is 12.4 Å². The third-order valence-corrected chi connectivity index (χ3v) is 5.38. The molecule has 142 valence electrons. The lowest BCUT2D eigenvalue weighted by Crippen LogP contribution is -2.03. The third-order valence-electron chi connectivity index (χ3n) is 5.05. The van der Waals surface area contributed by atoms with Crippen molar-refractivity contribution in [3.63, 3.8) is 0 Å². The van der Waals surface area contributed by atoms with Gasteiger partial charge in [0.25, 0.3) is 0 Å². The molecule has 1 aromatic heterocycles. The molecule has 4 aromatic rings. The van der Waals surface area contributed by atoms with E-state index in [0.29, 0.717) is 34.6 Å². The SMILES string of the molecule is Cc1ccc2c(c1)c(F)c(-c1ccccc1Cl)n2Cc1ccc(CCO)cc1. The molecule has 0 unspecified atom stereocenters. The first kappa shape index (κ1) is 18.7. The van der Waals surface area contributed by atoms with Crippen LogP contribution >= 0.6 is 11.6 Å². The molecular formula is C24H21ClFNO. The first-order chi connectivity index (χ1) is 13.6. The Bertz CT molecular complexity index is 1130. The van der Waals surface area contributed by atoms with Gasteiger partial charge in [-0.05, 0) is 42.7 Å². The molecule has 0 aliphatic carbocycles. The Morgan fingerprint density at radius 2 is 1.68 bits per heavy atom. The van der Waals surface area contributed by atoms with Crippen LogP contribution in [0.1, 0.15) is 16.7 Å². The summed E-state index contributed by atoms with van der Waals surface area (Å²) < 4.78 is 17.5. The number of fused-ring (bicyclic) bond motifs is 1. The molecule has 4 rings (SSSR count). The van der Waals surface area contributed by atoms with Gasteiger partial charge in [-0.3, -0.25) is 0 Å². The van der Waals surface area contributed by atoms with Gasteiger partial charge in [-0.15, -0.1) is 0 Å². The van der Waals surface area contributed by atoms with Gasteiger partial charge in [0.05, 0.1) is 11.2 Å². The second-order valence-electron chi connectivity index (χ2n) is 7.04. The Hall–Kier alpha value is -2.62. The monoisotopic (exact) mass is 393 g/mol. The summed E-state index contributed by atoms with van der Waals surface area (Å²) >= 11 is 6.42. The molecule has 0 radical (unpaired) electrons. The molecule has 28 heavy (non-hydrogen) atoms. The van der Waals surface area contributed by atoms with Crippen molar-refractivity contribution in [2.75, 3.05) is 6.61 Å². The Kier molecular flexibility index (Phi) is 5.21. The quantitative estimate of drug-likeness (QED) is 0.442. The number of aryl methyl sites for hydroxylation is 1. The van der Waals surface area contributed by atoms with E-state index in [1.54, 1.807) is 6.07 Å². The lowest BCUT2D eigenvalue weighted by molar-refractivity contribution is 0.299. The van der Waals surface area contributed by atoms with Gasteiger partial charge in [-0.2, -0.15) is 0 Å². The van der Waals surface area contributed by atoms with Crippen molar-refractivity contribution in [3.05, 3.63) is 94.3 Å². The average molecular weight is 394 g/mol. The summed E-state index contributed by atoms with van der Waals surface area (Å²) in [4.78, 5) is 0. The number of benzene rings is 3. The molecule has 1 heterocycles. The second kappa shape index (κ2) is 7.78. The van der Waals surface area contributed by atoms with Gasteiger partial charge < -0.3 is 9.67 Å². The van der Waals surface area contributed by atoms with Gasteiger partial charge in [-0.1, -0.05) is 65.7 Å². The van der Waals surface area contributed by atoms with Crippen LogP contribution in [0.5, 0.6) is 0 Å². The number of aromatic nitrogens is 1. The van der Waals surface area contributed by atoms with E-state index in [1.807, 2.05) is 72.2 Å². The highest BCUT2D eigenvalue weighted by Gasteiger charge is 2.20. The number of nitrogens with zero attached hydrogens (tertiary/aromatic N) is 1. The van der Waals surface area contributed by atoms with Crippen molar-refractivity contribution < 1.29 is 9.50 Å². The number of hydrogen-bond acceptors (Lipinski definition) is 1. The van der Waals surface area contributed by atoms with Crippen molar-refractivity contribution in [2.24, 2.45) is 0 Å². The van der Waals surface area contributed by atoms with Crippen LogP contribution in [0.15, 0.2) is 66.7 Å². The zero-order valence-electron chi connectivity index (χ0n) is 15.6. The van der Waals surface area contributed by atoms with Gasteiger partial charge in [0, 0.05) is 29.1 Å². The van der Waals surface area contributed by atoms with Crippen LogP contribution in [-0.2, 0) is 13.0 Å². The molecular weight excluding hydrogens is 373 g/mol. The molecule has 0 spiro atoms. The van der Waals surface area contributed by atoms with Gasteiger partial charge in [0.1, 0.15) is 0 Å². The molecule has 3 aromatic carbocycles. The van der Waals surface area contributed by atoms with Crippen LogP contribution in [0.3, 0.4) is 0 Å². The van der Waals surface area contributed by atoms with Gasteiger partial charge in [0.2, 0.25) is 0 Å². The van der Waals surface area contributed by atoms with Crippen molar-refractivity contribution in [3.8, 4) is 11.3 Å². The molecule has 0 bridgehead atoms. The standard InChI is InChI=1S/C24H21ClFNO/c1-16-6-11-22-20(14-16)23(26)24(19-4-2-3-5-21(19)25)27(22)15-18-9-7-17(8-10-18)12-13-28/h2-11,14,28H,12-13,15H2,1H3. The van der Waals surface area contributed by atoms with Crippen LogP contribution in [0, 0.1) is 12.7 Å². The molecule has 0 aliphatic heterocycles. The molecule has 0 amide bonds. The van der Waals surface area contributed by atoms with Crippen LogP contribution in [0.25, 0.3) is 22.2 Å².